The molecule has 1 N–H and O–H groups in total. The number of aryl methyl sites for hydroxylation is 1. The topological polar surface area (TPSA) is 58.8 Å². The van der Waals surface area contributed by atoms with Gasteiger partial charge in [0.25, 0.3) is 5.91 Å². The van der Waals surface area contributed by atoms with E-state index in [1.165, 1.54) is 12.1 Å². The standard InChI is InChI=1S/C25H25FN4O2/c1-17-13-19(5-7-21(17)25(31)29-11-12-30(3)4)24-14-18(9-10-28-24)16-32-20-6-8-23(27-2)22(26)15-20/h5-10,13-15H,11-12,16H2,1,3-4H3,(H,29,31). The first-order valence-electron chi connectivity index (χ1n) is 10.2. The van der Waals surface area contributed by atoms with E-state index in [0.29, 0.717) is 17.9 Å². The van der Waals surface area contributed by atoms with E-state index in [4.69, 9.17) is 11.3 Å². The fraction of sp³-hybridized carbons (Fsp3) is 0.240. The molecule has 7 heteroatoms. The van der Waals surface area contributed by atoms with Gasteiger partial charge in [0, 0.05) is 36.5 Å². The van der Waals surface area contributed by atoms with Crippen molar-refractivity contribution in [1.82, 2.24) is 15.2 Å². The van der Waals surface area contributed by atoms with E-state index in [1.807, 2.05) is 56.3 Å². The molecule has 0 aliphatic rings. The number of hydrogen-bond acceptors (Lipinski definition) is 4. The number of halogens is 1. The summed E-state index contributed by atoms with van der Waals surface area (Å²) in [6.45, 7) is 10.4. The molecule has 0 fully saturated rings. The maximum atomic E-state index is 13.8. The van der Waals surface area contributed by atoms with Crippen LogP contribution in [0, 0.1) is 19.3 Å². The van der Waals surface area contributed by atoms with Gasteiger partial charge in [0.2, 0.25) is 5.69 Å². The van der Waals surface area contributed by atoms with E-state index in [0.717, 1.165) is 28.9 Å². The Balaban J connectivity index is 1.69. The maximum Gasteiger partial charge on any atom is 0.251 e. The van der Waals surface area contributed by atoms with Crippen LogP contribution in [-0.4, -0.2) is 43.0 Å². The summed E-state index contributed by atoms with van der Waals surface area (Å²) in [4.78, 5) is 22.0. The van der Waals surface area contributed by atoms with Crippen LogP contribution in [0.4, 0.5) is 10.1 Å². The number of likely N-dealkylation sites (N-methyl/N-ethyl adjacent to an activating group) is 1. The van der Waals surface area contributed by atoms with Crippen LogP contribution in [0.5, 0.6) is 5.75 Å². The third-order valence-electron chi connectivity index (χ3n) is 4.88. The zero-order chi connectivity index (χ0) is 23.1. The predicted octanol–water partition coefficient (Wildman–Crippen LogP) is 4.62. The molecule has 1 aromatic heterocycles. The number of ether oxygens (including phenoxy) is 1. The molecule has 0 bridgehead atoms. The Hall–Kier alpha value is -3.76. The molecule has 0 atom stereocenters. The normalized spacial score (nSPS) is 10.6. The Morgan fingerprint density at radius 2 is 2.00 bits per heavy atom. The molecule has 32 heavy (non-hydrogen) atoms. The number of amides is 1. The van der Waals surface area contributed by atoms with Crippen LogP contribution < -0.4 is 10.1 Å². The van der Waals surface area contributed by atoms with Gasteiger partial charge in [-0.1, -0.05) is 6.07 Å². The molecule has 0 aliphatic heterocycles. The van der Waals surface area contributed by atoms with Crippen molar-refractivity contribution in [1.29, 1.82) is 0 Å². The van der Waals surface area contributed by atoms with Gasteiger partial charge in [0.05, 0.1) is 12.3 Å². The smallest absolute Gasteiger partial charge is 0.251 e. The first-order chi connectivity index (χ1) is 15.4. The van der Waals surface area contributed by atoms with Gasteiger partial charge in [-0.15, -0.1) is 0 Å². The van der Waals surface area contributed by atoms with Crippen molar-refractivity contribution in [3.63, 3.8) is 0 Å². The number of rotatable bonds is 8. The molecular weight excluding hydrogens is 407 g/mol. The molecule has 0 saturated heterocycles. The van der Waals surface area contributed by atoms with Crippen molar-refractivity contribution in [3.8, 4) is 17.0 Å². The van der Waals surface area contributed by atoms with E-state index in [-0.39, 0.29) is 18.2 Å². The fourth-order valence-electron chi connectivity index (χ4n) is 3.12. The number of carbonyl (C=O) groups excluding carboxylic acids is 1. The lowest BCUT2D eigenvalue weighted by Crippen LogP contribution is -2.31. The Kier molecular flexibility index (Phi) is 7.53. The van der Waals surface area contributed by atoms with Crippen LogP contribution in [0.25, 0.3) is 16.1 Å². The molecule has 3 aromatic rings. The lowest BCUT2D eigenvalue weighted by molar-refractivity contribution is 0.0950. The van der Waals surface area contributed by atoms with Crippen LogP contribution >= 0.6 is 0 Å². The van der Waals surface area contributed by atoms with E-state index in [9.17, 15) is 9.18 Å². The van der Waals surface area contributed by atoms with Crippen LogP contribution in [-0.2, 0) is 6.61 Å². The second-order valence-corrected chi connectivity index (χ2v) is 7.65. The largest absolute Gasteiger partial charge is 0.489 e. The third kappa shape index (κ3) is 5.90. The molecule has 0 aliphatic carbocycles. The lowest BCUT2D eigenvalue weighted by Gasteiger charge is -2.12. The van der Waals surface area contributed by atoms with Gasteiger partial charge in [-0.2, -0.15) is 0 Å². The monoisotopic (exact) mass is 432 g/mol. The van der Waals surface area contributed by atoms with Crippen LogP contribution in [0.3, 0.4) is 0 Å². The quantitative estimate of drug-likeness (QED) is 0.528. The van der Waals surface area contributed by atoms with Gasteiger partial charge in [-0.25, -0.2) is 9.24 Å². The number of benzene rings is 2. The van der Waals surface area contributed by atoms with Gasteiger partial charge in [0.1, 0.15) is 18.2 Å². The highest BCUT2D eigenvalue weighted by Gasteiger charge is 2.11. The van der Waals surface area contributed by atoms with Crippen molar-refractivity contribution in [2.75, 3.05) is 27.2 Å². The number of pyridine rings is 1. The van der Waals surface area contributed by atoms with Gasteiger partial charge in [0.15, 0.2) is 0 Å². The second-order valence-electron chi connectivity index (χ2n) is 7.65. The van der Waals surface area contributed by atoms with Crippen LogP contribution in [0.15, 0.2) is 54.7 Å². The Bertz CT molecular complexity index is 1150. The number of nitrogens with one attached hydrogen (secondary N) is 1. The molecule has 6 nitrogen and oxygen atoms in total. The summed E-state index contributed by atoms with van der Waals surface area (Å²) in [5.74, 6) is -0.342. The maximum absolute atomic E-state index is 13.8. The summed E-state index contributed by atoms with van der Waals surface area (Å²) in [5.41, 5.74) is 3.98. The third-order valence-corrected chi connectivity index (χ3v) is 4.88. The second kappa shape index (κ2) is 10.5. The molecule has 3 rings (SSSR count). The van der Waals surface area contributed by atoms with Crippen LogP contribution in [0.2, 0.25) is 0 Å². The van der Waals surface area contributed by atoms with E-state index in [2.05, 4.69) is 15.1 Å². The van der Waals surface area contributed by atoms with E-state index < -0.39 is 5.82 Å². The molecule has 0 radical (unpaired) electrons. The van der Waals surface area contributed by atoms with Gasteiger partial charge < -0.3 is 15.0 Å². The van der Waals surface area contributed by atoms with E-state index in [1.54, 1.807) is 12.3 Å². The summed E-state index contributed by atoms with van der Waals surface area (Å²) in [5, 5.41) is 2.93. The van der Waals surface area contributed by atoms with Gasteiger partial charge >= 0.3 is 0 Å². The summed E-state index contributed by atoms with van der Waals surface area (Å²) < 4.78 is 19.4. The zero-order valence-electron chi connectivity index (χ0n) is 18.4. The van der Waals surface area contributed by atoms with E-state index >= 15 is 0 Å². The van der Waals surface area contributed by atoms with Crippen LogP contribution in [0.1, 0.15) is 21.5 Å². The Labute approximate surface area is 187 Å². The zero-order valence-corrected chi connectivity index (χ0v) is 18.4. The predicted molar refractivity (Wildman–Crippen MR) is 122 cm³/mol. The van der Waals surface area contributed by atoms with Crippen molar-refractivity contribution in [3.05, 3.63) is 88.7 Å². The Morgan fingerprint density at radius 1 is 1.19 bits per heavy atom. The number of hydrogen-bond donors (Lipinski definition) is 1. The van der Waals surface area contributed by atoms with Gasteiger partial charge in [-0.05, 0) is 68.5 Å². The molecule has 0 unspecified atom stereocenters. The fourth-order valence-corrected chi connectivity index (χ4v) is 3.12. The average Bonchev–Trinajstić information content (AvgIpc) is 2.77. The Morgan fingerprint density at radius 3 is 2.69 bits per heavy atom. The highest BCUT2D eigenvalue weighted by Crippen LogP contribution is 2.25. The highest BCUT2D eigenvalue weighted by molar-refractivity contribution is 5.96. The minimum Gasteiger partial charge on any atom is -0.489 e. The average molecular weight is 432 g/mol. The molecule has 1 heterocycles. The number of aromatic nitrogens is 1. The summed E-state index contributed by atoms with van der Waals surface area (Å²) in [6, 6.07) is 13.5. The summed E-state index contributed by atoms with van der Waals surface area (Å²) in [6.07, 6.45) is 1.69. The molecular formula is C25H25FN4O2. The van der Waals surface area contributed by atoms with Crippen molar-refractivity contribution in [2.45, 2.75) is 13.5 Å². The van der Waals surface area contributed by atoms with Crippen molar-refractivity contribution >= 4 is 11.6 Å². The minimum atomic E-state index is -0.603. The number of carbonyl (C=O) groups is 1. The highest BCUT2D eigenvalue weighted by atomic mass is 19.1. The first kappa shape index (κ1) is 22.9. The summed E-state index contributed by atoms with van der Waals surface area (Å²) >= 11 is 0. The summed E-state index contributed by atoms with van der Waals surface area (Å²) in [7, 11) is 3.92. The molecule has 1 amide bonds. The molecule has 164 valence electrons. The molecule has 0 saturated carbocycles. The van der Waals surface area contributed by atoms with Crippen molar-refractivity contribution in [2.24, 2.45) is 0 Å². The molecule has 2 aromatic carbocycles. The number of nitrogens with zero attached hydrogens (tertiary/aromatic N) is 3. The molecule has 0 spiro atoms. The van der Waals surface area contributed by atoms with Gasteiger partial charge in [-0.3, -0.25) is 9.78 Å². The lowest BCUT2D eigenvalue weighted by atomic mass is 10.0. The first-order valence-corrected chi connectivity index (χ1v) is 10.2. The van der Waals surface area contributed by atoms with Crippen molar-refractivity contribution < 1.29 is 13.9 Å². The minimum absolute atomic E-state index is 0.0336. The SMILES string of the molecule is [C-]#[N+]c1ccc(OCc2ccnc(-c3ccc(C(=O)NCCN(C)C)c(C)c3)c2)cc1F.